The smallest absolute Gasteiger partial charge is 0.339 e. The van der Waals surface area contributed by atoms with Crippen LogP contribution in [0.1, 0.15) is 36.5 Å². The van der Waals surface area contributed by atoms with Crippen molar-refractivity contribution in [1.82, 2.24) is 15.1 Å². The van der Waals surface area contributed by atoms with Gasteiger partial charge < -0.3 is 14.5 Å². The number of hydrogen-bond acceptors (Lipinski definition) is 5. The molecule has 1 unspecified atom stereocenters. The fourth-order valence-electron chi connectivity index (χ4n) is 3.65. The molecule has 3 aromatic rings. The molecule has 2 aromatic heterocycles. The van der Waals surface area contributed by atoms with E-state index in [4.69, 9.17) is 9.15 Å². The van der Waals surface area contributed by atoms with Gasteiger partial charge in [-0.1, -0.05) is 0 Å². The summed E-state index contributed by atoms with van der Waals surface area (Å²) in [6.07, 6.45) is 6.65. The summed E-state index contributed by atoms with van der Waals surface area (Å²) >= 11 is 0. The second-order valence-electron chi connectivity index (χ2n) is 7.21. The van der Waals surface area contributed by atoms with Crippen molar-refractivity contribution in [2.75, 3.05) is 0 Å². The molecule has 7 heteroatoms. The topological polar surface area (TPSA) is 86.4 Å². The number of aromatic nitrogens is 2. The molecule has 1 atom stereocenters. The fourth-order valence-corrected chi connectivity index (χ4v) is 3.65. The van der Waals surface area contributed by atoms with Crippen molar-refractivity contribution in [3.05, 3.63) is 57.7 Å². The van der Waals surface area contributed by atoms with Gasteiger partial charge in [0.25, 0.3) is 5.91 Å². The zero-order chi connectivity index (χ0) is 19.7. The Hall–Kier alpha value is -3.09. The minimum absolute atomic E-state index is 0.226. The average Bonchev–Trinajstić information content (AvgIpc) is 3.11. The van der Waals surface area contributed by atoms with Gasteiger partial charge in [0, 0.05) is 42.4 Å². The van der Waals surface area contributed by atoms with Gasteiger partial charge in [0.05, 0.1) is 6.20 Å². The Morgan fingerprint density at radius 3 is 2.86 bits per heavy atom. The number of ether oxygens (including phenoxy) is 1. The Morgan fingerprint density at radius 2 is 2.11 bits per heavy atom. The molecule has 1 aliphatic rings. The van der Waals surface area contributed by atoms with E-state index in [1.54, 1.807) is 23.9 Å². The molecule has 0 radical (unpaired) electrons. The highest BCUT2D eigenvalue weighted by molar-refractivity contribution is 5.83. The molecule has 7 nitrogen and oxygen atoms in total. The number of nitrogens with zero attached hydrogens (tertiary/aromatic N) is 2. The molecule has 1 aromatic carbocycles. The van der Waals surface area contributed by atoms with Crippen LogP contribution < -0.4 is 15.7 Å². The Bertz CT molecular complexity index is 1080. The average molecular weight is 381 g/mol. The van der Waals surface area contributed by atoms with Crippen LogP contribution in [0.3, 0.4) is 0 Å². The standard InChI is InChI=1S/C21H23N3O4/c1-13(20(25)22-10-14-11-23-24(2)12-14)27-15-7-8-17-16-5-3-4-6-18(16)21(26)28-19(17)9-15/h7-9,11-13H,3-6,10H2,1-2H3,(H,22,25). The molecule has 1 amide bonds. The zero-order valence-corrected chi connectivity index (χ0v) is 16.0. The Morgan fingerprint density at radius 1 is 1.32 bits per heavy atom. The quantitative estimate of drug-likeness (QED) is 0.686. The van der Waals surface area contributed by atoms with E-state index < -0.39 is 6.10 Å². The first-order chi connectivity index (χ1) is 13.5. The van der Waals surface area contributed by atoms with Crippen LogP contribution in [0.5, 0.6) is 5.75 Å². The molecule has 2 heterocycles. The van der Waals surface area contributed by atoms with E-state index in [1.165, 1.54) is 0 Å². The van der Waals surface area contributed by atoms with Gasteiger partial charge in [-0.15, -0.1) is 0 Å². The van der Waals surface area contributed by atoms with Gasteiger partial charge in [-0.05, 0) is 50.3 Å². The van der Waals surface area contributed by atoms with Gasteiger partial charge in [-0.2, -0.15) is 5.10 Å². The van der Waals surface area contributed by atoms with Gasteiger partial charge in [0.15, 0.2) is 6.10 Å². The van der Waals surface area contributed by atoms with Crippen molar-refractivity contribution in [2.24, 2.45) is 7.05 Å². The van der Waals surface area contributed by atoms with E-state index in [9.17, 15) is 9.59 Å². The Labute approximate surface area is 162 Å². The number of amides is 1. The predicted octanol–water partition coefficient (Wildman–Crippen LogP) is 2.49. The number of benzene rings is 1. The normalized spacial score (nSPS) is 14.5. The summed E-state index contributed by atoms with van der Waals surface area (Å²) in [5, 5.41) is 7.85. The molecule has 28 heavy (non-hydrogen) atoms. The monoisotopic (exact) mass is 381 g/mol. The van der Waals surface area contributed by atoms with Crippen LogP contribution >= 0.6 is 0 Å². The van der Waals surface area contributed by atoms with Crippen LogP contribution in [0, 0.1) is 0 Å². The number of nitrogens with one attached hydrogen (secondary N) is 1. The molecule has 0 saturated carbocycles. The molecule has 0 spiro atoms. The van der Waals surface area contributed by atoms with Crippen molar-refractivity contribution in [2.45, 2.75) is 45.3 Å². The van der Waals surface area contributed by atoms with Crippen LogP contribution in [-0.2, 0) is 31.2 Å². The number of fused-ring (bicyclic) bond motifs is 3. The summed E-state index contributed by atoms with van der Waals surface area (Å²) in [6.45, 7) is 2.07. The van der Waals surface area contributed by atoms with E-state index in [-0.39, 0.29) is 11.5 Å². The van der Waals surface area contributed by atoms with Crippen LogP contribution in [0.2, 0.25) is 0 Å². The third-order valence-corrected chi connectivity index (χ3v) is 5.10. The number of carbonyl (C=O) groups is 1. The molecular weight excluding hydrogens is 358 g/mol. The number of aryl methyl sites for hydroxylation is 2. The summed E-state index contributed by atoms with van der Waals surface area (Å²) in [5.41, 5.74) is 3.05. The molecule has 0 fully saturated rings. The molecular formula is C21H23N3O4. The van der Waals surface area contributed by atoms with Crippen molar-refractivity contribution in [3.8, 4) is 5.75 Å². The number of hydrogen-bond donors (Lipinski definition) is 1. The summed E-state index contributed by atoms with van der Waals surface area (Å²) in [4.78, 5) is 24.6. The Kier molecular flexibility index (Phi) is 4.90. The van der Waals surface area contributed by atoms with Crippen LogP contribution in [0.25, 0.3) is 11.0 Å². The minimum Gasteiger partial charge on any atom is -0.481 e. The van der Waals surface area contributed by atoms with E-state index >= 15 is 0 Å². The van der Waals surface area contributed by atoms with Crippen molar-refractivity contribution in [3.63, 3.8) is 0 Å². The second kappa shape index (κ2) is 7.50. The van der Waals surface area contributed by atoms with Crippen molar-refractivity contribution in [1.29, 1.82) is 0 Å². The van der Waals surface area contributed by atoms with Gasteiger partial charge in [0.2, 0.25) is 0 Å². The lowest BCUT2D eigenvalue weighted by molar-refractivity contribution is -0.127. The molecule has 1 N–H and O–H groups in total. The van der Waals surface area contributed by atoms with Crippen LogP contribution in [0.15, 0.2) is 39.8 Å². The highest BCUT2D eigenvalue weighted by atomic mass is 16.5. The Balaban J connectivity index is 1.48. The van der Waals surface area contributed by atoms with E-state index in [0.29, 0.717) is 17.9 Å². The van der Waals surface area contributed by atoms with E-state index in [2.05, 4.69) is 10.4 Å². The third kappa shape index (κ3) is 3.65. The lowest BCUT2D eigenvalue weighted by Crippen LogP contribution is -2.35. The maximum atomic E-state index is 12.3. The van der Waals surface area contributed by atoms with Crippen molar-refractivity contribution < 1.29 is 13.9 Å². The molecule has 0 saturated heterocycles. The highest BCUT2D eigenvalue weighted by Gasteiger charge is 2.19. The van der Waals surface area contributed by atoms with Crippen LogP contribution in [-0.4, -0.2) is 21.8 Å². The van der Waals surface area contributed by atoms with Gasteiger partial charge in [0.1, 0.15) is 11.3 Å². The first kappa shape index (κ1) is 18.3. The largest absolute Gasteiger partial charge is 0.481 e. The highest BCUT2D eigenvalue weighted by Crippen LogP contribution is 2.29. The van der Waals surface area contributed by atoms with E-state index in [1.807, 2.05) is 25.4 Å². The summed E-state index contributed by atoms with van der Waals surface area (Å²) in [6, 6.07) is 5.43. The first-order valence-corrected chi connectivity index (χ1v) is 9.52. The lowest BCUT2D eigenvalue weighted by Gasteiger charge is -2.17. The van der Waals surface area contributed by atoms with Crippen LogP contribution in [0.4, 0.5) is 0 Å². The molecule has 4 rings (SSSR count). The summed E-state index contributed by atoms with van der Waals surface area (Å²) in [7, 11) is 1.83. The summed E-state index contributed by atoms with van der Waals surface area (Å²) in [5.74, 6) is 0.270. The van der Waals surface area contributed by atoms with E-state index in [0.717, 1.165) is 47.8 Å². The lowest BCUT2D eigenvalue weighted by atomic mass is 9.91. The van der Waals surface area contributed by atoms with Gasteiger partial charge >= 0.3 is 5.63 Å². The molecule has 146 valence electrons. The maximum absolute atomic E-state index is 12.3. The van der Waals surface area contributed by atoms with Gasteiger partial charge in [-0.3, -0.25) is 9.48 Å². The van der Waals surface area contributed by atoms with Gasteiger partial charge in [-0.25, -0.2) is 4.79 Å². The number of rotatable bonds is 5. The summed E-state index contributed by atoms with van der Waals surface area (Å²) < 4.78 is 13.0. The second-order valence-corrected chi connectivity index (χ2v) is 7.21. The molecule has 0 aliphatic heterocycles. The minimum atomic E-state index is -0.682. The first-order valence-electron chi connectivity index (χ1n) is 9.52. The molecule has 1 aliphatic carbocycles. The SMILES string of the molecule is CC(Oc1ccc2c3c(c(=O)oc2c1)CCCC3)C(=O)NCc1cnn(C)c1. The predicted molar refractivity (Wildman–Crippen MR) is 104 cm³/mol. The third-order valence-electron chi connectivity index (χ3n) is 5.10. The fraction of sp³-hybridized carbons (Fsp3) is 0.381. The van der Waals surface area contributed by atoms with Crippen molar-refractivity contribution >= 4 is 16.9 Å². The zero-order valence-electron chi connectivity index (χ0n) is 16.0. The maximum Gasteiger partial charge on any atom is 0.339 e. The molecule has 0 bridgehead atoms. The number of carbonyl (C=O) groups excluding carboxylic acids is 1.